The number of oxazole rings is 1. The van der Waals surface area contributed by atoms with Crippen LogP contribution < -0.4 is 5.32 Å². The molecule has 3 rings (SSSR count). The zero-order valence-electron chi connectivity index (χ0n) is 16.5. The third kappa shape index (κ3) is 5.56. The maximum Gasteiger partial charge on any atom is 0.226 e. The molecule has 0 spiro atoms. The number of nitrogens with zero attached hydrogens (tertiary/aromatic N) is 2. The van der Waals surface area contributed by atoms with Crippen molar-refractivity contribution in [1.29, 1.82) is 0 Å². The number of rotatable bonds is 8. The van der Waals surface area contributed by atoms with Crippen molar-refractivity contribution in [2.75, 3.05) is 33.4 Å². The Labute approximate surface area is 171 Å². The molecule has 6 nitrogen and oxygen atoms in total. The predicted octanol–water partition coefficient (Wildman–Crippen LogP) is 3.67. The number of likely N-dealkylation sites (tertiary alicyclic amines) is 1. The van der Waals surface area contributed by atoms with Crippen LogP contribution >= 0.6 is 11.6 Å². The summed E-state index contributed by atoms with van der Waals surface area (Å²) in [6, 6.07) is 7.47. The first-order valence-electron chi connectivity index (χ1n) is 9.78. The highest BCUT2D eigenvalue weighted by molar-refractivity contribution is 6.30. The summed E-state index contributed by atoms with van der Waals surface area (Å²) in [6.45, 7) is 5.67. The van der Waals surface area contributed by atoms with Gasteiger partial charge in [0.1, 0.15) is 5.76 Å². The second-order valence-corrected chi connectivity index (χ2v) is 7.68. The van der Waals surface area contributed by atoms with E-state index in [0.717, 1.165) is 49.4 Å². The molecular formula is C21H28ClN3O3. The summed E-state index contributed by atoms with van der Waals surface area (Å²) in [5, 5.41) is 3.71. The van der Waals surface area contributed by atoms with Gasteiger partial charge < -0.3 is 14.5 Å². The average molecular weight is 406 g/mol. The van der Waals surface area contributed by atoms with Gasteiger partial charge in [-0.15, -0.1) is 0 Å². The third-order valence-electron chi connectivity index (χ3n) is 5.06. The van der Waals surface area contributed by atoms with Crippen molar-refractivity contribution in [3.05, 3.63) is 40.7 Å². The first-order valence-corrected chi connectivity index (χ1v) is 10.2. The van der Waals surface area contributed by atoms with E-state index in [1.165, 1.54) is 0 Å². The molecule has 7 heteroatoms. The van der Waals surface area contributed by atoms with E-state index < -0.39 is 0 Å². The lowest BCUT2D eigenvalue weighted by Gasteiger charge is -2.31. The first kappa shape index (κ1) is 20.8. The molecule has 0 radical (unpaired) electrons. The zero-order chi connectivity index (χ0) is 19.9. The van der Waals surface area contributed by atoms with Crippen molar-refractivity contribution in [3.8, 4) is 11.5 Å². The van der Waals surface area contributed by atoms with Crippen molar-refractivity contribution in [2.45, 2.75) is 32.7 Å². The second kappa shape index (κ2) is 10.0. The minimum absolute atomic E-state index is 0.0271. The Hall–Kier alpha value is -1.89. The molecule has 1 unspecified atom stereocenters. The summed E-state index contributed by atoms with van der Waals surface area (Å²) in [5.41, 5.74) is 1.83. The number of piperidine rings is 1. The van der Waals surface area contributed by atoms with E-state index in [4.69, 9.17) is 20.8 Å². The van der Waals surface area contributed by atoms with Gasteiger partial charge in [0.15, 0.2) is 0 Å². The van der Waals surface area contributed by atoms with E-state index in [0.29, 0.717) is 30.6 Å². The van der Waals surface area contributed by atoms with Gasteiger partial charge in [-0.3, -0.25) is 9.69 Å². The van der Waals surface area contributed by atoms with Crippen LogP contribution in [0.3, 0.4) is 0 Å². The Morgan fingerprint density at radius 1 is 1.39 bits per heavy atom. The lowest BCUT2D eigenvalue weighted by molar-refractivity contribution is -0.126. The molecule has 1 fully saturated rings. The summed E-state index contributed by atoms with van der Waals surface area (Å²) in [7, 11) is 1.67. The van der Waals surface area contributed by atoms with Crippen LogP contribution in [-0.4, -0.2) is 49.1 Å². The van der Waals surface area contributed by atoms with Gasteiger partial charge in [-0.2, -0.15) is 0 Å². The standard InChI is InChI=1S/C21H28ClN3O3/c1-15-19(24-21(28-15)16-6-8-18(22)9-7-16)14-25-11-3-5-17(13-25)20(26)23-10-4-12-27-2/h6-9,17H,3-5,10-14H2,1-2H3,(H,23,26). The fraction of sp³-hybridized carbons (Fsp3) is 0.524. The van der Waals surface area contributed by atoms with E-state index in [1.807, 2.05) is 31.2 Å². The molecule has 152 valence electrons. The van der Waals surface area contributed by atoms with Crippen molar-refractivity contribution in [3.63, 3.8) is 0 Å². The van der Waals surface area contributed by atoms with Crippen LogP contribution in [0.2, 0.25) is 5.02 Å². The number of benzene rings is 1. The van der Waals surface area contributed by atoms with Crippen molar-refractivity contribution in [2.24, 2.45) is 5.92 Å². The fourth-order valence-corrected chi connectivity index (χ4v) is 3.61. The maximum atomic E-state index is 12.4. The number of nitrogens with one attached hydrogen (secondary N) is 1. The van der Waals surface area contributed by atoms with Crippen LogP contribution in [0.15, 0.2) is 28.7 Å². The molecule has 0 saturated carbocycles. The van der Waals surface area contributed by atoms with E-state index in [9.17, 15) is 4.79 Å². The number of hydrogen-bond acceptors (Lipinski definition) is 5. The number of aromatic nitrogens is 1. The maximum absolute atomic E-state index is 12.4. The second-order valence-electron chi connectivity index (χ2n) is 7.24. The molecule has 0 aliphatic carbocycles. The lowest BCUT2D eigenvalue weighted by atomic mass is 9.97. The van der Waals surface area contributed by atoms with Crippen LogP contribution in [0, 0.1) is 12.8 Å². The number of ether oxygens (including phenoxy) is 1. The molecule has 1 N–H and O–H groups in total. The number of carbonyl (C=O) groups excluding carboxylic acids is 1. The number of amides is 1. The van der Waals surface area contributed by atoms with Crippen molar-refractivity contribution >= 4 is 17.5 Å². The fourth-order valence-electron chi connectivity index (χ4n) is 3.49. The van der Waals surface area contributed by atoms with E-state index in [1.54, 1.807) is 7.11 Å². The summed E-state index contributed by atoms with van der Waals surface area (Å²) in [4.78, 5) is 19.4. The number of carbonyl (C=O) groups is 1. The minimum Gasteiger partial charge on any atom is -0.441 e. The molecule has 2 aromatic rings. The first-order chi connectivity index (χ1) is 13.6. The number of aryl methyl sites for hydroxylation is 1. The van der Waals surface area contributed by atoms with Crippen LogP contribution in [0.5, 0.6) is 0 Å². The van der Waals surface area contributed by atoms with Gasteiger partial charge in [0.2, 0.25) is 11.8 Å². The molecule has 2 heterocycles. The smallest absolute Gasteiger partial charge is 0.226 e. The summed E-state index contributed by atoms with van der Waals surface area (Å²) in [6.07, 6.45) is 2.78. The quantitative estimate of drug-likeness (QED) is 0.678. The molecule has 1 amide bonds. The van der Waals surface area contributed by atoms with E-state index in [-0.39, 0.29) is 11.8 Å². The summed E-state index contributed by atoms with van der Waals surface area (Å²) >= 11 is 5.95. The topological polar surface area (TPSA) is 67.6 Å². The van der Waals surface area contributed by atoms with Crippen LogP contribution in [0.1, 0.15) is 30.7 Å². The normalized spacial score (nSPS) is 17.6. The summed E-state index contributed by atoms with van der Waals surface area (Å²) in [5.74, 6) is 1.59. The Morgan fingerprint density at radius 2 is 2.18 bits per heavy atom. The van der Waals surface area contributed by atoms with Crippen molar-refractivity contribution in [1.82, 2.24) is 15.2 Å². The van der Waals surface area contributed by atoms with Gasteiger partial charge in [-0.25, -0.2) is 4.98 Å². The molecule has 1 aliphatic heterocycles. The van der Waals surface area contributed by atoms with Gasteiger partial charge in [0, 0.05) is 43.9 Å². The highest BCUT2D eigenvalue weighted by Crippen LogP contribution is 2.25. The monoisotopic (exact) mass is 405 g/mol. The van der Waals surface area contributed by atoms with Crippen LogP contribution in [0.25, 0.3) is 11.5 Å². The highest BCUT2D eigenvalue weighted by atomic mass is 35.5. The molecule has 1 aromatic heterocycles. The Kier molecular flexibility index (Phi) is 7.48. The minimum atomic E-state index is 0.0271. The zero-order valence-corrected chi connectivity index (χ0v) is 17.3. The molecule has 1 aromatic carbocycles. The van der Waals surface area contributed by atoms with Crippen LogP contribution in [-0.2, 0) is 16.1 Å². The Morgan fingerprint density at radius 3 is 2.93 bits per heavy atom. The number of hydrogen-bond donors (Lipinski definition) is 1. The lowest BCUT2D eigenvalue weighted by Crippen LogP contribution is -2.43. The Balaban J connectivity index is 1.57. The number of methoxy groups -OCH3 is 1. The molecule has 1 aliphatic rings. The average Bonchev–Trinajstić information content (AvgIpc) is 3.06. The predicted molar refractivity (Wildman–Crippen MR) is 109 cm³/mol. The van der Waals surface area contributed by atoms with Gasteiger partial charge in [0.25, 0.3) is 0 Å². The molecular weight excluding hydrogens is 378 g/mol. The molecule has 1 saturated heterocycles. The third-order valence-corrected chi connectivity index (χ3v) is 5.31. The van der Waals surface area contributed by atoms with Crippen LogP contribution in [0.4, 0.5) is 0 Å². The van der Waals surface area contributed by atoms with E-state index >= 15 is 0 Å². The number of halogens is 1. The highest BCUT2D eigenvalue weighted by Gasteiger charge is 2.26. The van der Waals surface area contributed by atoms with Crippen molar-refractivity contribution < 1.29 is 13.9 Å². The van der Waals surface area contributed by atoms with Gasteiger partial charge in [0.05, 0.1) is 11.6 Å². The molecule has 28 heavy (non-hydrogen) atoms. The largest absolute Gasteiger partial charge is 0.441 e. The summed E-state index contributed by atoms with van der Waals surface area (Å²) < 4.78 is 10.9. The molecule has 0 bridgehead atoms. The molecule has 1 atom stereocenters. The Bertz CT molecular complexity index is 776. The van der Waals surface area contributed by atoms with Gasteiger partial charge in [-0.05, 0) is 57.0 Å². The van der Waals surface area contributed by atoms with Gasteiger partial charge in [-0.1, -0.05) is 11.6 Å². The van der Waals surface area contributed by atoms with Gasteiger partial charge >= 0.3 is 0 Å². The van der Waals surface area contributed by atoms with E-state index in [2.05, 4.69) is 15.2 Å². The SMILES string of the molecule is COCCCNC(=O)C1CCCN(Cc2nc(-c3ccc(Cl)cc3)oc2C)C1.